The van der Waals surface area contributed by atoms with Gasteiger partial charge in [-0.2, -0.15) is 0 Å². The third kappa shape index (κ3) is 4.10. The highest BCUT2D eigenvalue weighted by molar-refractivity contribution is 5.95. The lowest BCUT2D eigenvalue weighted by molar-refractivity contribution is 0.0956. The summed E-state index contributed by atoms with van der Waals surface area (Å²) in [5, 5.41) is 0. The molecule has 1 N–H and O–H groups in total. The first-order chi connectivity index (χ1) is 13.1. The van der Waals surface area contributed by atoms with Crippen LogP contribution in [0.3, 0.4) is 0 Å². The largest absolute Gasteiger partial charge is 0.348 e. The topological polar surface area (TPSA) is 66.1 Å². The van der Waals surface area contributed by atoms with Crippen molar-refractivity contribution in [1.82, 2.24) is 9.97 Å². The van der Waals surface area contributed by atoms with E-state index in [1.165, 1.54) is 6.07 Å². The number of halogens is 3. The van der Waals surface area contributed by atoms with Crippen molar-refractivity contribution < 1.29 is 18.0 Å². The fourth-order valence-corrected chi connectivity index (χ4v) is 3.34. The van der Waals surface area contributed by atoms with Crippen LogP contribution >= 0.6 is 0 Å². The third-order valence-corrected chi connectivity index (χ3v) is 5.37. The zero-order valence-electron chi connectivity index (χ0n) is 15.9. The molecule has 1 aromatic carbocycles. The maximum atomic E-state index is 14.1. The van der Waals surface area contributed by atoms with E-state index >= 15 is 0 Å². The molecule has 3 rings (SSSR count). The van der Waals surface area contributed by atoms with Gasteiger partial charge in [0.15, 0.2) is 5.78 Å². The molecule has 28 heavy (non-hydrogen) atoms. The monoisotopic (exact) mass is 393 g/mol. The number of Topliss-reactive ketones (excluding diaryl/α,β-unsaturated/α-hetero) is 1. The molecule has 8 heteroatoms. The van der Waals surface area contributed by atoms with Gasteiger partial charge < -0.3 is 4.90 Å². The van der Waals surface area contributed by atoms with Crippen molar-refractivity contribution >= 4 is 11.7 Å². The molecule has 1 fully saturated rings. The van der Waals surface area contributed by atoms with Crippen LogP contribution in [0, 0.1) is 11.2 Å². The number of carbonyl (C=O) groups excluding carboxylic acids is 1. The van der Waals surface area contributed by atoms with E-state index in [9.17, 15) is 22.8 Å². The zero-order chi connectivity index (χ0) is 20.6. The summed E-state index contributed by atoms with van der Waals surface area (Å²) in [5.41, 5.74) is -0.760. The lowest BCUT2D eigenvalue weighted by atomic mass is 9.80. The number of H-pyrrole nitrogens is 1. The van der Waals surface area contributed by atoms with E-state index in [1.54, 1.807) is 19.0 Å². The smallest absolute Gasteiger partial charge is 0.266 e. The van der Waals surface area contributed by atoms with Crippen LogP contribution in [0.2, 0.25) is 0 Å². The van der Waals surface area contributed by atoms with Crippen molar-refractivity contribution in [3.8, 4) is 0 Å². The molecule has 1 heterocycles. The molecule has 1 aliphatic rings. The predicted molar refractivity (Wildman–Crippen MR) is 99.6 cm³/mol. The lowest BCUT2D eigenvalue weighted by Crippen LogP contribution is -2.22. The number of nitrogens with zero attached hydrogens (tertiary/aromatic N) is 2. The number of ketones is 1. The number of hydrogen-bond acceptors (Lipinski definition) is 4. The Hall–Kier alpha value is -2.64. The molecule has 0 spiro atoms. The summed E-state index contributed by atoms with van der Waals surface area (Å²) < 4.78 is 39.8. The lowest BCUT2D eigenvalue weighted by Gasteiger charge is -2.24. The summed E-state index contributed by atoms with van der Waals surface area (Å²) in [4.78, 5) is 33.0. The molecule has 1 aliphatic carbocycles. The molecular formula is C20H22F3N3O2. The first kappa shape index (κ1) is 20.1. The van der Waals surface area contributed by atoms with Gasteiger partial charge in [0, 0.05) is 26.6 Å². The van der Waals surface area contributed by atoms with E-state index in [0.717, 1.165) is 31.0 Å². The van der Waals surface area contributed by atoms with Crippen molar-refractivity contribution in [3.05, 3.63) is 57.3 Å². The summed E-state index contributed by atoms with van der Waals surface area (Å²) in [6.45, 7) is 1.99. The highest BCUT2D eigenvalue weighted by atomic mass is 19.3. The molecule has 0 radical (unpaired) electrons. The molecule has 0 bridgehead atoms. The summed E-state index contributed by atoms with van der Waals surface area (Å²) in [7, 11) is 3.38. The van der Waals surface area contributed by atoms with Crippen molar-refractivity contribution in [2.75, 3.05) is 19.0 Å². The summed E-state index contributed by atoms with van der Waals surface area (Å²) in [6.07, 6.45) is -1.16. The Balaban J connectivity index is 1.92. The zero-order valence-corrected chi connectivity index (χ0v) is 15.9. The maximum Gasteiger partial charge on any atom is 0.266 e. The Kier molecular flexibility index (Phi) is 5.32. The van der Waals surface area contributed by atoms with E-state index in [2.05, 4.69) is 9.97 Å². The van der Waals surface area contributed by atoms with Crippen molar-refractivity contribution in [1.29, 1.82) is 0 Å². The second-order valence-corrected chi connectivity index (χ2v) is 7.76. The van der Waals surface area contributed by atoms with Crippen molar-refractivity contribution in [2.45, 2.75) is 38.5 Å². The van der Waals surface area contributed by atoms with Gasteiger partial charge in [0.1, 0.15) is 11.5 Å². The molecule has 1 atom stereocenters. The van der Waals surface area contributed by atoms with Gasteiger partial charge >= 0.3 is 0 Å². The molecule has 2 aromatic rings. The van der Waals surface area contributed by atoms with Crippen LogP contribution in [-0.4, -0.2) is 29.8 Å². The van der Waals surface area contributed by atoms with Gasteiger partial charge in [-0.1, -0.05) is 19.1 Å². The second-order valence-electron chi connectivity index (χ2n) is 7.76. The number of nitrogens with one attached hydrogen (secondary N) is 1. The highest BCUT2D eigenvalue weighted by Gasteiger charge is 2.46. The van der Waals surface area contributed by atoms with Crippen LogP contribution in [0.5, 0.6) is 0 Å². The first-order valence-corrected chi connectivity index (χ1v) is 9.00. The average molecular weight is 393 g/mol. The van der Waals surface area contributed by atoms with Gasteiger partial charge in [-0.3, -0.25) is 14.6 Å². The average Bonchev–Trinajstić information content (AvgIpc) is 3.36. The number of aromatic nitrogens is 2. The standard InChI is InChI=1S/C20H22F3N3O2/c1-20(6-7-20)13(11-4-5-12(18(22)23)14(21)8-11)9-16(27)15-10-17(28)25-19(24-15)26(2)3/h4-5,8,10,13,18H,6-7,9H2,1-3H3,(H,24,25,28)/t13-/m0/s1. The Morgan fingerprint density at radius 3 is 2.50 bits per heavy atom. The number of carbonyl (C=O) groups is 1. The van der Waals surface area contributed by atoms with Gasteiger partial charge in [0.05, 0.1) is 5.56 Å². The summed E-state index contributed by atoms with van der Waals surface area (Å²) in [6, 6.07) is 4.78. The number of anilines is 1. The van der Waals surface area contributed by atoms with Crippen LogP contribution in [0.25, 0.3) is 0 Å². The van der Waals surface area contributed by atoms with Crippen molar-refractivity contribution in [2.24, 2.45) is 5.41 Å². The van der Waals surface area contributed by atoms with E-state index in [4.69, 9.17) is 0 Å². The van der Waals surface area contributed by atoms with Crippen molar-refractivity contribution in [3.63, 3.8) is 0 Å². The summed E-state index contributed by atoms with van der Waals surface area (Å²) in [5.74, 6) is -1.40. The fourth-order valence-electron chi connectivity index (χ4n) is 3.34. The predicted octanol–water partition coefficient (Wildman–Crippen LogP) is 4.07. The van der Waals surface area contributed by atoms with E-state index in [-0.39, 0.29) is 35.2 Å². The van der Waals surface area contributed by atoms with Crippen LogP contribution in [-0.2, 0) is 0 Å². The molecule has 0 saturated heterocycles. The minimum Gasteiger partial charge on any atom is -0.348 e. The minimum atomic E-state index is -2.89. The molecule has 0 amide bonds. The number of benzene rings is 1. The molecule has 5 nitrogen and oxygen atoms in total. The Bertz CT molecular complexity index is 952. The number of aromatic amines is 1. The maximum absolute atomic E-state index is 14.1. The van der Waals surface area contributed by atoms with Gasteiger partial charge in [0.2, 0.25) is 5.95 Å². The number of alkyl halides is 2. The highest BCUT2D eigenvalue weighted by Crippen LogP contribution is 2.57. The Morgan fingerprint density at radius 2 is 1.96 bits per heavy atom. The first-order valence-electron chi connectivity index (χ1n) is 9.00. The van der Waals surface area contributed by atoms with Crippen LogP contribution < -0.4 is 10.5 Å². The summed E-state index contributed by atoms with van der Waals surface area (Å²) >= 11 is 0. The van der Waals surface area contributed by atoms with Gasteiger partial charge in [-0.25, -0.2) is 18.2 Å². The quantitative estimate of drug-likeness (QED) is 0.720. The van der Waals surface area contributed by atoms with Gasteiger partial charge in [-0.15, -0.1) is 0 Å². The normalized spacial score (nSPS) is 16.1. The molecular weight excluding hydrogens is 371 g/mol. The van der Waals surface area contributed by atoms with E-state index in [0.29, 0.717) is 5.56 Å². The van der Waals surface area contributed by atoms with Gasteiger partial charge in [0.25, 0.3) is 12.0 Å². The van der Waals surface area contributed by atoms with Crippen LogP contribution in [0.4, 0.5) is 19.1 Å². The number of rotatable bonds is 7. The third-order valence-electron chi connectivity index (χ3n) is 5.37. The van der Waals surface area contributed by atoms with Crippen LogP contribution in [0.15, 0.2) is 29.1 Å². The second kappa shape index (κ2) is 7.41. The van der Waals surface area contributed by atoms with E-state index in [1.807, 2.05) is 6.92 Å². The SMILES string of the molecule is CN(C)c1nc(C(=O)C[C@@H](c2ccc(C(F)F)c(F)c2)C2(C)CC2)cc(=O)[nH]1. The van der Waals surface area contributed by atoms with Crippen LogP contribution in [0.1, 0.15) is 60.1 Å². The minimum absolute atomic E-state index is 0.0211. The molecule has 150 valence electrons. The number of hydrogen-bond donors (Lipinski definition) is 1. The fraction of sp³-hybridized carbons (Fsp3) is 0.450. The molecule has 0 aliphatic heterocycles. The molecule has 0 unspecified atom stereocenters. The van der Waals surface area contributed by atoms with E-state index < -0.39 is 23.4 Å². The molecule has 1 aromatic heterocycles. The van der Waals surface area contributed by atoms with Gasteiger partial charge in [-0.05, 0) is 35.8 Å². The Morgan fingerprint density at radius 1 is 1.29 bits per heavy atom. The Labute approximate surface area is 160 Å². The molecule has 1 saturated carbocycles.